The topological polar surface area (TPSA) is 195 Å². The van der Waals surface area contributed by atoms with E-state index in [0.29, 0.717) is 5.69 Å². The Morgan fingerprint density at radius 2 is 1.78 bits per heavy atom. The van der Waals surface area contributed by atoms with E-state index in [1.165, 1.54) is 6.33 Å². The van der Waals surface area contributed by atoms with E-state index in [2.05, 4.69) is 30.9 Å². The first-order valence-electron chi connectivity index (χ1n) is 12.0. The monoisotopic (exact) mass is 511 g/mol. The zero-order valence-corrected chi connectivity index (χ0v) is 20.8. The number of carboxylic acid groups (broad SMARTS) is 1. The molecule has 3 aromatic rings. The normalized spacial score (nSPS) is 13.6. The fourth-order valence-electron chi connectivity index (χ4n) is 3.96. The second-order valence-electron chi connectivity index (χ2n) is 9.32. The third kappa shape index (κ3) is 7.90. The van der Waals surface area contributed by atoms with Crippen LogP contribution in [0.1, 0.15) is 31.5 Å². The van der Waals surface area contributed by atoms with Gasteiger partial charge >= 0.3 is 5.97 Å². The average Bonchev–Trinajstić information content (AvgIpc) is 3.51. The summed E-state index contributed by atoms with van der Waals surface area (Å²) in [7, 11) is 0. The highest BCUT2D eigenvalue weighted by molar-refractivity contribution is 5.93. The summed E-state index contributed by atoms with van der Waals surface area (Å²) in [5.41, 5.74) is 8.40. The van der Waals surface area contributed by atoms with Crippen LogP contribution in [0.5, 0.6) is 0 Å². The highest BCUT2D eigenvalue weighted by atomic mass is 16.4. The molecular formula is C25H33N7O5. The highest BCUT2D eigenvalue weighted by Gasteiger charge is 2.27. The number of H-pyrrole nitrogens is 2. The molecule has 0 aliphatic rings. The highest BCUT2D eigenvalue weighted by Crippen LogP contribution is 2.19. The second kappa shape index (κ2) is 12.7. The zero-order valence-electron chi connectivity index (χ0n) is 20.8. The largest absolute Gasteiger partial charge is 0.480 e. The van der Waals surface area contributed by atoms with Crippen LogP contribution in [0, 0.1) is 5.92 Å². The number of para-hydroxylation sites is 1. The number of nitrogens with one attached hydrogen (secondary N) is 5. The summed E-state index contributed by atoms with van der Waals surface area (Å²) in [6.07, 6.45) is 5.40. The van der Waals surface area contributed by atoms with Gasteiger partial charge in [-0.05, 0) is 24.0 Å². The van der Waals surface area contributed by atoms with E-state index in [1.54, 1.807) is 12.4 Å². The number of aromatic nitrogens is 3. The maximum absolute atomic E-state index is 13.1. The first-order chi connectivity index (χ1) is 17.6. The van der Waals surface area contributed by atoms with Crippen molar-refractivity contribution >= 4 is 34.6 Å². The number of aromatic amines is 2. The molecule has 0 fully saturated rings. The predicted octanol–water partition coefficient (Wildman–Crippen LogP) is 0.220. The lowest BCUT2D eigenvalue weighted by atomic mass is 10.0. The first-order valence-corrected chi connectivity index (χ1v) is 12.0. The molecule has 0 aliphatic carbocycles. The summed E-state index contributed by atoms with van der Waals surface area (Å²) in [5, 5.41) is 17.9. The van der Waals surface area contributed by atoms with Crippen LogP contribution in [0.4, 0.5) is 0 Å². The lowest BCUT2D eigenvalue weighted by Crippen LogP contribution is -2.54. The molecule has 0 aliphatic heterocycles. The lowest BCUT2D eigenvalue weighted by molar-refractivity contribution is -0.142. The van der Waals surface area contributed by atoms with Gasteiger partial charge in [-0.15, -0.1) is 0 Å². The number of carbonyl (C=O) groups excluding carboxylic acids is 3. The van der Waals surface area contributed by atoms with Crippen LogP contribution in [0.15, 0.2) is 43.0 Å². The number of hydrogen-bond donors (Lipinski definition) is 7. The molecule has 198 valence electrons. The lowest BCUT2D eigenvalue weighted by Gasteiger charge is -2.21. The number of hydrogen-bond acceptors (Lipinski definition) is 6. The molecule has 0 bridgehead atoms. The molecule has 1 aromatic carbocycles. The fourth-order valence-corrected chi connectivity index (χ4v) is 3.96. The Morgan fingerprint density at radius 3 is 2.46 bits per heavy atom. The van der Waals surface area contributed by atoms with Crippen molar-refractivity contribution in [3.05, 3.63) is 54.2 Å². The maximum atomic E-state index is 13.1. The number of amides is 3. The van der Waals surface area contributed by atoms with Crippen molar-refractivity contribution < 1.29 is 24.3 Å². The summed E-state index contributed by atoms with van der Waals surface area (Å²) < 4.78 is 0. The molecule has 12 nitrogen and oxygen atoms in total. The van der Waals surface area contributed by atoms with Gasteiger partial charge in [0.25, 0.3) is 0 Å². The van der Waals surface area contributed by atoms with E-state index in [-0.39, 0.29) is 25.2 Å². The van der Waals surface area contributed by atoms with Gasteiger partial charge in [0, 0.05) is 41.8 Å². The number of aliphatic carboxylic acids is 1. The van der Waals surface area contributed by atoms with Gasteiger partial charge in [0.15, 0.2) is 0 Å². The standard InChI is InChI=1S/C25H33N7O5/c1-14(2)7-21(25(36)37)31-22(33)12-29-24(35)20(8-15-10-28-19-6-4-3-5-17(15)19)32-23(34)18(26)9-16-11-27-13-30-16/h3-6,10-11,13-14,18,20-21,28H,7-9,12,26H2,1-2H3,(H,27,30)(H,29,35)(H,31,33)(H,32,34)(H,36,37). The number of nitrogens with zero attached hydrogens (tertiary/aromatic N) is 1. The summed E-state index contributed by atoms with van der Waals surface area (Å²) in [4.78, 5) is 59.6. The summed E-state index contributed by atoms with van der Waals surface area (Å²) in [6.45, 7) is 3.25. The Morgan fingerprint density at radius 1 is 1.03 bits per heavy atom. The van der Waals surface area contributed by atoms with E-state index in [0.717, 1.165) is 16.5 Å². The summed E-state index contributed by atoms with van der Waals surface area (Å²) in [5.74, 6) is -2.88. The van der Waals surface area contributed by atoms with Crippen LogP contribution in [-0.2, 0) is 32.0 Å². The number of benzene rings is 1. The van der Waals surface area contributed by atoms with Crippen molar-refractivity contribution in [3.63, 3.8) is 0 Å². The molecule has 2 heterocycles. The molecule has 0 saturated carbocycles. The number of carbonyl (C=O) groups is 4. The first kappa shape index (κ1) is 27.4. The van der Waals surface area contributed by atoms with Crippen LogP contribution in [0.3, 0.4) is 0 Å². The van der Waals surface area contributed by atoms with Crippen LogP contribution in [0.2, 0.25) is 0 Å². The molecule has 3 amide bonds. The fraction of sp³-hybridized carbons (Fsp3) is 0.400. The van der Waals surface area contributed by atoms with Gasteiger partial charge in [-0.1, -0.05) is 32.0 Å². The molecule has 2 aromatic heterocycles. The molecule has 0 spiro atoms. The number of fused-ring (bicyclic) bond motifs is 1. The van der Waals surface area contributed by atoms with E-state index in [9.17, 15) is 24.3 Å². The third-order valence-corrected chi connectivity index (χ3v) is 5.83. The minimum absolute atomic E-state index is 0.0534. The maximum Gasteiger partial charge on any atom is 0.326 e. The van der Waals surface area contributed by atoms with Crippen molar-refractivity contribution in [1.29, 1.82) is 0 Å². The second-order valence-corrected chi connectivity index (χ2v) is 9.32. The Hall–Kier alpha value is -4.19. The molecule has 3 atom stereocenters. The van der Waals surface area contributed by atoms with Crippen LogP contribution < -0.4 is 21.7 Å². The quantitative estimate of drug-likeness (QED) is 0.170. The molecule has 3 rings (SSSR count). The van der Waals surface area contributed by atoms with E-state index in [1.807, 2.05) is 38.1 Å². The Kier molecular flexibility index (Phi) is 9.39. The third-order valence-electron chi connectivity index (χ3n) is 5.83. The van der Waals surface area contributed by atoms with Crippen LogP contribution in [0.25, 0.3) is 10.9 Å². The molecule has 8 N–H and O–H groups in total. The zero-order chi connectivity index (χ0) is 26.9. The molecule has 37 heavy (non-hydrogen) atoms. The van der Waals surface area contributed by atoms with Crippen molar-refractivity contribution in [2.75, 3.05) is 6.54 Å². The number of rotatable bonds is 13. The smallest absolute Gasteiger partial charge is 0.326 e. The van der Waals surface area contributed by atoms with Gasteiger partial charge in [-0.2, -0.15) is 0 Å². The molecule has 0 radical (unpaired) electrons. The summed E-state index contributed by atoms with van der Waals surface area (Å²) in [6, 6.07) is 4.52. The van der Waals surface area contributed by atoms with E-state index >= 15 is 0 Å². The van der Waals surface area contributed by atoms with Gasteiger partial charge in [-0.25, -0.2) is 9.78 Å². The predicted molar refractivity (Wildman–Crippen MR) is 136 cm³/mol. The van der Waals surface area contributed by atoms with Crippen LogP contribution in [-0.4, -0.2) is 68.4 Å². The summed E-state index contributed by atoms with van der Waals surface area (Å²) >= 11 is 0. The van der Waals surface area contributed by atoms with Gasteiger partial charge in [0.2, 0.25) is 17.7 Å². The number of carboxylic acids is 1. The minimum atomic E-state index is -1.15. The molecule has 0 saturated heterocycles. The average molecular weight is 512 g/mol. The Bertz CT molecular complexity index is 1220. The van der Waals surface area contributed by atoms with Gasteiger partial charge in [0.1, 0.15) is 12.1 Å². The van der Waals surface area contributed by atoms with Gasteiger partial charge < -0.3 is 36.8 Å². The van der Waals surface area contributed by atoms with Crippen molar-refractivity contribution in [2.45, 2.75) is 51.2 Å². The Labute approximate surface area is 213 Å². The Balaban J connectivity index is 1.68. The van der Waals surface area contributed by atoms with E-state index in [4.69, 9.17) is 5.73 Å². The number of imidazole rings is 1. The SMILES string of the molecule is CC(C)CC(NC(=O)CNC(=O)C(Cc1c[nH]c2ccccc12)NC(=O)C(N)Cc1cnc[nH]1)C(=O)O. The molecule has 3 unspecified atom stereocenters. The van der Waals surface area contributed by atoms with Crippen molar-refractivity contribution in [1.82, 2.24) is 30.9 Å². The van der Waals surface area contributed by atoms with Gasteiger partial charge in [0.05, 0.1) is 18.9 Å². The minimum Gasteiger partial charge on any atom is -0.480 e. The molecule has 12 heteroatoms. The van der Waals surface area contributed by atoms with E-state index < -0.39 is 48.4 Å². The van der Waals surface area contributed by atoms with Gasteiger partial charge in [-0.3, -0.25) is 14.4 Å². The molecular weight excluding hydrogens is 478 g/mol. The number of nitrogens with two attached hydrogens (primary N) is 1. The van der Waals surface area contributed by atoms with Crippen LogP contribution >= 0.6 is 0 Å². The van der Waals surface area contributed by atoms with Crippen molar-refractivity contribution in [3.8, 4) is 0 Å². The van der Waals surface area contributed by atoms with Crippen molar-refractivity contribution in [2.24, 2.45) is 11.7 Å².